The second kappa shape index (κ2) is 8.22. The fourth-order valence-electron chi connectivity index (χ4n) is 3.65. The van der Waals surface area contributed by atoms with Gasteiger partial charge in [-0.05, 0) is 18.2 Å². The Bertz CT molecular complexity index is 1310. The molecular weight excluding hydrogens is 469 g/mol. The molecule has 0 saturated heterocycles. The highest BCUT2D eigenvalue weighted by atomic mass is 35.5. The van der Waals surface area contributed by atoms with E-state index in [-0.39, 0.29) is 21.8 Å². The molecule has 5 rings (SSSR count). The molecular formula is C25H16ClF2O4P. The molecule has 1 aliphatic rings. The van der Waals surface area contributed by atoms with Gasteiger partial charge in [0.2, 0.25) is 5.75 Å². The van der Waals surface area contributed by atoms with Gasteiger partial charge in [-0.2, -0.15) is 0 Å². The molecule has 8 heteroatoms. The lowest BCUT2D eigenvalue weighted by molar-refractivity contribution is -0.287. The van der Waals surface area contributed by atoms with Crippen LogP contribution in [-0.4, -0.2) is 6.29 Å². The number of benzene rings is 4. The Morgan fingerprint density at radius 1 is 0.758 bits per heavy atom. The van der Waals surface area contributed by atoms with Crippen LogP contribution in [0.3, 0.4) is 0 Å². The molecule has 0 bridgehead atoms. The van der Waals surface area contributed by atoms with Crippen LogP contribution in [0.5, 0.6) is 23.0 Å². The van der Waals surface area contributed by atoms with Gasteiger partial charge < -0.3 is 18.8 Å². The maximum atomic E-state index is 14.8. The third-order valence-electron chi connectivity index (χ3n) is 5.11. The zero-order valence-corrected chi connectivity index (χ0v) is 18.6. The number of halogens is 3. The lowest BCUT2D eigenvalue weighted by Crippen LogP contribution is -2.27. The molecule has 0 aliphatic carbocycles. The van der Waals surface area contributed by atoms with E-state index in [0.717, 1.165) is 0 Å². The predicted molar refractivity (Wildman–Crippen MR) is 124 cm³/mol. The van der Waals surface area contributed by atoms with E-state index in [4.69, 9.17) is 25.8 Å². The fourth-order valence-corrected chi connectivity index (χ4v) is 6.90. The number of hydrogen-bond acceptors (Lipinski definition) is 4. The molecule has 33 heavy (non-hydrogen) atoms. The van der Waals surface area contributed by atoms with Crippen molar-refractivity contribution in [2.24, 2.45) is 0 Å². The summed E-state index contributed by atoms with van der Waals surface area (Å²) in [7, 11) is -3.61. The summed E-state index contributed by atoms with van der Waals surface area (Å²) in [5.41, 5.74) is 0. The highest BCUT2D eigenvalue weighted by Gasteiger charge is 2.48. The third kappa shape index (κ3) is 3.86. The predicted octanol–water partition coefficient (Wildman–Crippen LogP) is 6.09. The smallest absolute Gasteiger partial charge is 0.453 e. The highest BCUT2D eigenvalue weighted by molar-refractivity contribution is 7.85. The topological polar surface area (TPSA) is 44.8 Å². The van der Waals surface area contributed by atoms with Gasteiger partial charge in [0.15, 0.2) is 18.6 Å². The molecule has 0 amide bonds. The third-order valence-corrected chi connectivity index (χ3v) is 8.70. The Kier molecular flexibility index (Phi) is 5.35. The van der Waals surface area contributed by atoms with E-state index < -0.39 is 19.2 Å². The molecule has 0 saturated carbocycles. The molecule has 0 spiro atoms. The first kappa shape index (κ1) is 21.5. The number of para-hydroxylation sites is 1. The van der Waals surface area contributed by atoms with Crippen molar-refractivity contribution in [2.45, 2.75) is 6.29 Å². The number of alkyl halides is 2. The molecule has 4 aromatic rings. The number of hydrogen-bond donors (Lipinski definition) is 0. The summed E-state index contributed by atoms with van der Waals surface area (Å²) < 4.78 is 58.2. The molecule has 0 fully saturated rings. The number of ether oxygens (including phenoxy) is 3. The van der Waals surface area contributed by atoms with Crippen LogP contribution in [0, 0.1) is 0 Å². The Labute approximate surface area is 193 Å². The van der Waals surface area contributed by atoms with Crippen molar-refractivity contribution in [3.8, 4) is 23.0 Å². The van der Waals surface area contributed by atoms with Crippen LogP contribution in [-0.2, 0) is 4.57 Å². The zero-order valence-electron chi connectivity index (χ0n) is 17.0. The number of rotatable bonds is 5. The lowest BCUT2D eigenvalue weighted by Gasteiger charge is -2.22. The van der Waals surface area contributed by atoms with Gasteiger partial charge >= 0.3 is 6.29 Å². The van der Waals surface area contributed by atoms with Gasteiger partial charge in [0.1, 0.15) is 5.75 Å². The first-order valence-electron chi connectivity index (χ1n) is 9.95. The molecule has 1 heterocycles. The van der Waals surface area contributed by atoms with E-state index in [2.05, 4.69) is 0 Å². The fraction of sp³-hybridized carbons (Fsp3) is 0.0400. The lowest BCUT2D eigenvalue weighted by atomic mass is 10.3. The maximum absolute atomic E-state index is 14.8. The summed E-state index contributed by atoms with van der Waals surface area (Å²) in [6.45, 7) is 0. The normalized spacial score (nSPS) is 14.2. The van der Waals surface area contributed by atoms with Gasteiger partial charge in [-0.3, -0.25) is 0 Å². The van der Waals surface area contributed by atoms with Crippen LogP contribution < -0.4 is 30.1 Å². The van der Waals surface area contributed by atoms with Gasteiger partial charge in [0.25, 0.3) is 0 Å². The van der Waals surface area contributed by atoms with Crippen LogP contribution in [0.1, 0.15) is 0 Å². The SMILES string of the molecule is O=P(c1ccccc1)(c1ccccc1)c1cc(Oc2ccccc2)c2c(c1Cl)OC(F)(F)O2. The molecule has 1 aliphatic heterocycles. The van der Waals surface area contributed by atoms with E-state index in [1.54, 1.807) is 91.0 Å². The van der Waals surface area contributed by atoms with Gasteiger partial charge in [0.05, 0.1) is 5.02 Å². The van der Waals surface area contributed by atoms with Crippen LogP contribution in [0.25, 0.3) is 0 Å². The zero-order chi connectivity index (χ0) is 23.1. The Morgan fingerprint density at radius 2 is 1.24 bits per heavy atom. The first-order chi connectivity index (χ1) is 15.9. The standard InChI is InChI=1S/C25H16ClF2O4P/c26-22-21(33(29,18-12-6-2-7-13-18)19-14-8-3-9-15-19)16-20(30-17-10-4-1-5-11-17)23-24(22)32-25(27,28)31-23/h1-16H. The van der Waals surface area contributed by atoms with E-state index in [1.807, 2.05) is 0 Å². The van der Waals surface area contributed by atoms with Crippen LogP contribution >= 0.6 is 18.7 Å². The molecule has 0 aromatic heterocycles. The van der Waals surface area contributed by atoms with Gasteiger partial charge in [-0.25, -0.2) is 0 Å². The quantitative estimate of drug-likeness (QED) is 0.321. The minimum Gasteiger partial charge on any atom is -0.453 e. The average molecular weight is 485 g/mol. The molecule has 0 N–H and O–H groups in total. The first-order valence-corrected chi connectivity index (χ1v) is 12.0. The average Bonchev–Trinajstić information content (AvgIpc) is 3.18. The van der Waals surface area contributed by atoms with Crippen molar-refractivity contribution in [3.63, 3.8) is 0 Å². The summed E-state index contributed by atoms with van der Waals surface area (Å²) >= 11 is 6.57. The van der Waals surface area contributed by atoms with Crippen LogP contribution in [0.4, 0.5) is 8.78 Å². The summed E-state index contributed by atoms with van der Waals surface area (Å²) in [6.07, 6.45) is -3.94. The molecule has 166 valence electrons. The summed E-state index contributed by atoms with van der Waals surface area (Å²) in [6, 6.07) is 27.4. The van der Waals surface area contributed by atoms with Gasteiger partial charge in [0, 0.05) is 15.9 Å². The number of fused-ring (bicyclic) bond motifs is 1. The van der Waals surface area contributed by atoms with Crippen molar-refractivity contribution in [1.29, 1.82) is 0 Å². The summed E-state index contributed by atoms with van der Waals surface area (Å²) in [5.74, 6) is -0.483. The second-order valence-electron chi connectivity index (χ2n) is 7.23. The monoisotopic (exact) mass is 484 g/mol. The van der Waals surface area contributed by atoms with Crippen molar-refractivity contribution >= 4 is 34.7 Å². The van der Waals surface area contributed by atoms with E-state index in [1.165, 1.54) is 6.07 Å². The summed E-state index contributed by atoms with van der Waals surface area (Å²) in [4.78, 5) is 0. The van der Waals surface area contributed by atoms with Crippen molar-refractivity contribution in [1.82, 2.24) is 0 Å². The van der Waals surface area contributed by atoms with Gasteiger partial charge in [-0.1, -0.05) is 90.5 Å². The molecule has 4 nitrogen and oxygen atoms in total. The molecule has 0 unspecified atom stereocenters. The highest BCUT2D eigenvalue weighted by Crippen LogP contribution is 2.56. The Morgan fingerprint density at radius 3 is 1.79 bits per heavy atom. The van der Waals surface area contributed by atoms with Crippen molar-refractivity contribution < 1.29 is 27.6 Å². The van der Waals surface area contributed by atoms with E-state index in [0.29, 0.717) is 16.4 Å². The van der Waals surface area contributed by atoms with Crippen molar-refractivity contribution in [3.05, 3.63) is 102 Å². The molecule has 0 atom stereocenters. The molecule has 0 radical (unpaired) electrons. The molecule has 4 aromatic carbocycles. The Balaban J connectivity index is 1.78. The minimum absolute atomic E-state index is 0.0835. The minimum atomic E-state index is -3.94. The Hall–Kier alpha value is -3.34. The van der Waals surface area contributed by atoms with E-state index >= 15 is 0 Å². The van der Waals surface area contributed by atoms with Crippen LogP contribution in [0.15, 0.2) is 97.1 Å². The summed E-state index contributed by atoms with van der Waals surface area (Å²) in [5, 5.41) is 0.843. The van der Waals surface area contributed by atoms with Crippen LogP contribution in [0.2, 0.25) is 5.02 Å². The van der Waals surface area contributed by atoms with E-state index in [9.17, 15) is 13.3 Å². The largest absolute Gasteiger partial charge is 0.586 e. The maximum Gasteiger partial charge on any atom is 0.586 e. The van der Waals surface area contributed by atoms with Gasteiger partial charge in [-0.15, -0.1) is 8.78 Å². The van der Waals surface area contributed by atoms with Crippen molar-refractivity contribution in [2.75, 3.05) is 0 Å². The second-order valence-corrected chi connectivity index (χ2v) is 10.3.